The van der Waals surface area contributed by atoms with E-state index in [9.17, 15) is 13.6 Å². The van der Waals surface area contributed by atoms with Crippen LogP contribution in [0.3, 0.4) is 0 Å². The Morgan fingerprint density at radius 2 is 1.69 bits per heavy atom. The van der Waals surface area contributed by atoms with Crippen LogP contribution in [0.2, 0.25) is 5.02 Å². The van der Waals surface area contributed by atoms with Gasteiger partial charge < -0.3 is 5.32 Å². The van der Waals surface area contributed by atoms with Crippen molar-refractivity contribution >= 4 is 28.9 Å². The zero-order valence-electron chi connectivity index (χ0n) is 13.4. The van der Waals surface area contributed by atoms with Gasteiger partial charge in [0.1, 0.15) is 17.8 Å². The number of hydrogen-bond donors (Lipinski definition) is 1. The fourth-order valence-corrected chi connectivity index (χ4v) is 3.21. The van der Waals surface area contributed by atoms with Gasteiger partial charge in [-0.15, -0.1) is 0 Å². The van der Waals surface area contributed by atoms with Crippen molar-refractivity contribution < 1.29 is 13.6 Å². The number of anilines is 2. The molecule has 0 saturated carbocycles. The van der Waals surface area contributed by atoms with Crippen LogP contribution in [-0.2, 0) is 0 Å². The number of benzene rings is 3. The minimum absolute atomic E-state index is 0.0153. The lowest BCUT2D eigenvalue weighted by Crippen LogP contribution is -2.32. The van der Waals surface area contributed by atoms with E-state index < -0.39 is 17.8 Å². The number of carbonyl (C=O) groups is 1. The van der Waals surface area contributed by atoms with Gasteiger partial charge in [0.05, 0.1) is 5.69 Å². The summed E-state index contributed by atoms with van der Waals surface area (Å²) in [6.45, 7) is 0. The first-order valence-electron chi connectivity index (χ1n) is 7.94. The highest BCUT2D eigenvalue weighted by atomic mass is 35.5. The van der Waals surface area contributed by atoms with Crippen molar-refractivity contribution in [1.29, 1.82) is 0 Å². The van der Waals surface area contributed by atoms with Crippen LogP contribution in [0.25, 0.3) is 0 Å². The predicted molar refractivity (Wildman–Crippen MR) is 97.4 cm³/mol. The molecule has 0 bridgehead atoms. The number of fused-ring (bicyclic) bond motifs is 1. The number of halogens is 3. The molecule has 0 fully saturated rings. The van der Waals surface area contributed by atoms with Gasteiger partial charge in [0, 0.05) is 27.9 Å². The van der Waals surface area contributed by atoms with E-state index in [0.717, 1.165) is 18.2 Å². The number of rotatable bonds is 3. The third-order valence-corrected chi connectivity index (χ3v) is 4.54. The minimum Gasteiger partial charge on any atom is -0.359 e. The Hall–Kier alpha value is -2.92. The Labute approximate surface area is 153 Å². The maximum Gasteiger partial charge on any atom is 0.260 e. The Morgan fingerprint density at radius 1 is 0.962 bits per heavy atom. The highest BCUT2D eigenvalue weighted by molar-refractivity contribution is 6.30. The second-order valence-corrected chi connectivity index (χ2v) is 6.35. The number of nitrogens with one attached hydrogen (secondary N) is 1. The van der Waals surface area contributed by atoms with Crippen LogP contribution in [0.5, 0.6) is 0 Å². The van der Waals surface area contributed by atoms with Gasteiger partial charge in [-0.1, -0.05) is 29.8 Å². The standard InChI is InChI=1S/C20H13ClF2N2O/c21-12-5-8-14(9-6-12)25-19(15-3-1-2-4-16(15)20(25)26)24-18-11-13(22)7-10-17(18)23/h1-11,19,24H. The maximum atomic E-state index is 14.1. The fourth-order valence-electron chi connectivity index (χ4n) is 3.08. The van der Waals surface area contributed by atoms with E-state index in [2.05, 4.69) is 5.32 Å². The maximum absolute atomic E-state index is 14.1. The molecule has 3 aromatic carbocycles. The normalized spacial score (nSPS) is 15.9. The molecule has 1 heterocycles. The molecular formula is C20H13ClF2N2O. The predicted octanol–water partition coefficient (Wildman–Crippen LogP) is 5.39. The highest BCUT2D eigenvalue weighted by Gasteiger charge is 2.37. The van der Waals surface area contributed by atoms with Crippen LogP contribution >= 0.6 is 11.6 Å². The summed E-state index contributed by atoms with van der Waals surface area (Å²) in [6.07, 6.45) is -0.670. The van der Waals surface area contributed by atoms with Crippen molar-refractivity contribution in [3.63, 3.8) is 0 Å². The third-order valence-electron chi connectivity index (χ3n) is 4.29. The van der Waals surface area contributed by atoms with Gasteiger partial charge in [0.15, 0.2) is 0 Å². The lowest BCUT2D eigenvalue weighted by atomic mass is 10.1. The first-order valence-corrected chi connectivity index (χ1v) is 8.32. The van der Waals surface area contributed by atoms with Crippen molar-refractivity contribution in [3.8, 4) is 0 Å². The summed E-state index contributed by atoms with van der Waals surface area (Å²) in [7, 11) is 0. The van der Waals surface area contributed by atoms with Crippen LogP contribution in [-0.4, -0.2) is 5.91 Å². The molecule has 4 rings (SSSR count). The summed E-state index contributed by atoms with van der Waals surface area (Å²) in [6, 6.07) is 17.0. The van der Waals surface area contributed by atoms with Crippen molar-refractivity contribution in [1.82, 2.24) is 0 Å². The molecule has 130 valence electrons. The molecule has 1 unspecified atom stereocenters. The SMILES string of the molecule is O=C1c2ccccc2C(Nc2cc(F)ccc2F)N1c1ccc(Cl)cc1. The second kappa shape index (κ2) is 6.42. The van der Waals surface area contributed by atoms with Crippen LogP contribution < -0.4 is 10.2 Å². The molecule has 3 nitrogen and oxygen atoms in total. The van der Waals surface area contributed by atoms with Crippen LogP contribution in [0.1, 0.15) is 22.1 Å². The Bertz CT molecular complexity index is 991. The minimum atomic E-state index is -0.670. The Kier molecular flexibility index (Phi) is 4.09. The van der Waals surface area contributed by atoms with Gasteiger partial charge in [-0.3, -0.25) is 9.69 Å². The van der Waals surface area contributed by atoms with E-state index in [-0.39, 0.29) is 11.6 Å². The third kappa shape index (κ3) is 2.80. The lowest BCUT2D eigenvalue weighted by Gasteiger charge is -2.27. The van der Waals surface area contributed by atoms with Crippen LogP contribution in [0, 0.1) is 11.6 Å². The smallest absolute Gasteiger partial charge is 0.260 e. The van der Waals surface area contributed by atoms with E-state index in [1.54, 1.807) is 48.5 Å². The summed E-state index contributed by atoms with van der Waals surface area (Å²) in [5.41, 5.74) is 1.79. The fraction of sp³-hybridized carbons (Fsp3) is 0.0500. The second-order valence-electron chi connectivity index (χ2n) is 5.91. The molecule has 0 spiro atoms. The van der Waals surface area contributed by atoms with Crippen molar-refractivity contribution in [2.45, 2.75) is 6.17 Å². The summed E-state index contributed by atoms with van der Waals surface area (Å²) < 4.78 is 27.7. The molecule has 0 aromatic heterocycles. The molecule has 0 radical (unpaired) electrons. The highest BCUT2D eigenvalue weighted by Crippen LogP contribution is 2.38. The molecule has 1 atom stereocenters. The number of carbonyl (C=O) groups excluding carboxylic acids is 1. The van der Waals surface area contributed by atoms with Crippen LogP contribution in [0.4, 0.5) is 20.2 Å². The molecule has 1 aliphatic rings. The molecule has 1 N–H and O–H groups in total. The number of nitrogens with zero attached hydrogens (tertiary/aromatic N) is 1. The van der Waals surface area contributed by atoms with Gasteiger partial charge in [-0.2, -0.15) is 0 Å². The zero-order chi connectivity index (χ0) is 18.3. The molecule has 0 aliphatic carbocycles. The Balaban J connectivity index is 1.80. The molecule has 3 aromatic rings. The Morgan fingerprint density at radius 3 is 2.46 bits per heavy atom. The summed E-state index contributed by atoms with van der Waals surface area (Å²) in [5, 5.41) is 3.50. The molecule has 26 heavy (non-hydrogen) atoms. The first kappa shape index (κ1) is 16.5. The van der Waals surface area contributed by atoms with Crippen molar-refractivity contribution in [2.75, 3.05) is 10.2 Å². The number of amides is 1. The van der Waals surface area contributed by atoms with Crippen molar-refractivity contribution in [3.05, 3.63) is 94.5 Å². The quantitative estimate of drug-likeness (QED) is 0.670. The molecule has 0 saturated heterocycles. The van der Waals surface area contributed by atoms with Gasteiger partial charge in [0.25, 0.3) is 5.91 Å². The molecule has 1 amide bonds. The van der Waals surface area contributed by atoms with Gasteiger partial charge in [0.2, 0.25) is 0 Å². The van der Waals surface area contributed by atoms with E-state index in [4.69, 9.17) is 11.6 Å². The summed E-state index contributed by atoms with van der Waals surface area (Å²) in [4.78, 5) is 14.4. The van der Waals surface area contributed by atoms with Gasteiger partial charge in [-0.05, 0) is 42.5 Å². The van der Waals surface area contributed by atoms with E-state index in [1.165, 1.54) is 4.90 Å². The largest absolute Gasteiger partial charge is 0.359 e. The molecular weight excluding hydrogens is 358 g/mol. The summed E-state index contributed by atoms with van der Waals surface area (Å²) in [5.74, 6) is -1.39. The van der Waals surface area contributed by atoms with Gasteiger partial charge >= 0.3 is 0 Å². The average molecular weight is 371 g/mol. The first-order chi connectivity index (χ1) is 12.5. The van der Waals surface area contributed by atoms with E-state index >= 15 is 0 Å². The molecule has 6 heteroatoms. The monoisotopic (exact) mass is 370 g/mol. The molecule has 1 aliphatic heterocycles. The van der Waals surface area contributed by atoms with E-state index in [1.807, 2.05) is 0 Å². The lowest BCUT2D eigenvalue weighted by molar-refractivity contribution is 0.0993. The average Bonchev–Trinajstić information content (AvgIpc) is 2.92. The van der Waals surface area contributed by atoms with Crippen LogP contribution in [0.15, 0.2) is 66.7 Å². The van der Waals surface area contributed by atoms with Crippen molar-refractivity contribution in [2.24, 2.45) is 0 Å². The van der Waals surface area contributed by atoms with E-state index in [0.29, 0.717) is 21.8 Å². The topological polar surface area (TPSA) is 32.3 Å². The summed E-state index contributed by atoms with van der Waals surface area (Å²) >= 11 is 5.94. The zero-order valence-corrected chi connectivity index (χ0v) is 14.2. The van der Waals surface area contributed by atoms with Gasteiger partial charge in [-0.25, -0.2) is 8.78 Å². The number of hydrogen-bond acceptors (Lipinski definition) is 2.